The van der Waals surface area contributed by atoms with E-state index in [4.69, 9.17) is 0 Å². The molecule has 3 aromatic heterocycles. The van der Waals surface area contributed by atoms with Crippen LogP contribution in [-0.2, 0) is 17.9 Å². The van der Waals surface area contributed by atoms with Crippen LogP contribution in [0.15, 0.2) is 45.6 Å². The summed E-state index contributed by atoms with van der Waals surface area (Å²) in [7, 11) is 0. The van der Waals surface area contributed by atoms with Crippen molar-refractivity contribution in [1.29, 1.82) is 0 Å². The van der Waals surface area contributed by atoms with Crippen LogP contribution >= 0.6 is 11.3 Å². The van der Waals surface area contributed by atoms with Crippen LogP contribution in [0.5, 0.6) is 0 Å². The summed E-state index contributed by atoms with van der Waals surface area (Å²) < 4.78 is 1.43. The Morgan fingerprint density at radius 1 is 1.30 bits per heavy atom. The molecule has 0 unspecified atom stereocenters. The molecule has 0 aliphatic rings. The van der Waals surface area contributed by atoms with Gasteiger partial charge in [0.1, 0.15) is 4.83 Å². The first-order valence-corrected chi connectivity index (χ1v) is 7.89. The maximum absolute atomic E-state index is 12.2. The van der Waals surface area contributed by atoms with Crippen molar-refractivity contribution in [3.63, 3.8) is 0 Å². The van der Waals surface area contributed by atoms with Crippen molar-refractivity contribution < 1.29 is 4.79 Å². The van der Waals surface area contributed by atoms with Gasteiger partial charge in [-0.2, -0.15) is 0 Å². The van der Waals surface area contributed by atoms with Crippen LogP contribution in [0.3, 0.4) is 0 Å². The summed E-state index contributed by atoms with van der Waals surface area (Å²) in [6.07, 6.45) is 1.62. The third kappa shape index (κ3) is 3.54. The first-order valence-electron chi connectivity index (χ1n) is 7.01. The SMILES string of the molecule is O=C(CCn1cnc2sccc2c1=O)NCc1cccc(=O)[nH]1. The molecule has 0 bridgehead atoms. The summed E-state index contributed by atoms with van der Waals surface area (Å²) in [5.74, 6) is -0.202. The number of aromatic nitrogens is 3. The Bertz CT molecular complexity index is 957. The third-order valence-corrected chi connectivity index (χ3v) is 4.16. The van der Waals surface area contributed by atoms with Crippen LogP contribution < -0.4 is 16.4 Å². The van der Waals surface area contributed by atoms with Gasteiger partial charge >= 0.3 is 0 Å². The van der Waals surface area contributed by atoms with E-state index < -0.39 is 0 Å². The molecule has 3 heterocycles. The van der Waals surface area contributed by atoms with E-state index >= 15 is 0 Å². The van der Waals surface area contributed by atoms with Gasteiger partial charge in [-0.25, -0.2) is 4.98 Å². The molecule has 0 fully saturated rings. The highest BCUT2D eigenvalue weighted by molar-refractivity contribution is 7.16. The van der Waals surface area contributed by atoms with E-state index in [1.165, 1.54) is 28.3 Å². The Morgan fingerprint density at radius 2 is 2.17 bits per heavy atom. The molecular formula is C15H14N4O3S. The van der Waals surface area contributed by atoms with Crippen LogP contribution in [0.25, 0.3) is 10.2 Å². The van der Waals surface area contributed by atoms with Gasteiger partial charge in [0.2, 0.25) is 11.5 Å². The standard InChI is InChI=1S/C15H14N4O3S/c20-12(16-8-10-2-1-3-13(21)18-10)4-6-19-9-17-14-11(15(19)22)5-7-23-14/h1-3,5,7,9H,4,6,8H2,(H,16,20)(H,18,21). The number of hydrogen-bond donors (Lipinski definition) is 2. The summed E-state index contributed by atoms with van der Waals surface area (Å²) in [6, 6.07) is 6.49. The number of fused-ring (bicyclic) bond motifs is 1. The number of hydrogen-bond acceptors (Lipinski definition) is 5. The molecule has 1 amide bonds. The average Bonchev–Trinajstić information content (AvgIpc) is 3.02. The maximum atomic E-state index is 12.2. The molecule has 3 rings (SSSR count). The Balaban J connectivity index is 1.59. The van der Waals surface area contributed by atoms with Crippen molar-refractivity contribution in [3.8, 4) is 0 Å². The Labute approximate surface area is 134 Å². The van der Waals surface area contributed by atoms with Crippen LogP contribution in [-0.4, -0.2) is 20.4 Å². The Hall–Kier alpha value is -2.74. The van der Waals surface area contributed by atoms with E-state index in [1.807, 2.05) is 5.38 Å². The van der Waals surface area contributed by atoms with Crippen molar-refractivity contribution in [3.05, 3.63) is 62.4 Å². The zero-order valence-electron chi connectivity index (χ0n) is 12.1. The number of carbonyl (C=O) groups excluding carboxylic acids is 1. The van der Waals surface area contributed by atoms with Crippen molar-refractivity contribution in [1.82, 2.24) is 19.9 Å². The summed E-state index contributed by atoms with van der Waals surface area (Å²) in [4.78, 5) is 42.7. The molecule has 0 atom stereocenters. The zero-order chi connectivity index (χ0) is 16.2. The Kier molecular flexibility index (Phi) is 4.33. The van der Waals surface area contributed by atoms with Crippen molar-refractivity contribution in [2.24, 2.45) is 0 Å². The van der Waals surface area contributed by atoms with Crippen molar-refractivity contribution in [2.75, 3.05) is 0 Å². The molecule has 23 heavy (non-hydrogen) atoms. The molecule has 3 aromatic rings. The van der Waals surface area contributed by atoms with Crippen LogP contribution in [0.2, 0.25) is 0 Å². The number of rotatable bonds is 5. The predicted molar refractivity (Wildman–Crippen MR) is 87.4 cm³/mol. The lowest BCUT2D eigenvalue weighted by atomic mass is 10.3. The number of pyridine rings is 1. The molecule has 118 valence electrons. The van der Waals surface area contributed by atoms with Gasteiger partial charge in [-0.15, -0.1) is 11.3 Å². The topological polar surface area (TPSA) is 96.8 Å². The van der Waals surface area contributed by atoms with Crippen LogP contribution in [0, 0.1) is 0 Å². The number of carbonyl (C=O) groups is 1. The largest absolute Gasteiger partial charge is 0.350 e. The normalized spacial score (nSPS) is 10.8. The summed E-state index contributed by atoms with van der Waals surface area (Å²) in [5, 5.41) is 5.09. The Morgan fingerprint density at radius 3 is 3.00 bits per heavy atom. The number of nitrogens with one attached hydrogen (secondary N) is 2. The highest BCUT2D eigenvalue weighted by atomic mass is 32.1. The first-order chi connectivity index (χ1) is 11.1. The molecule has 0 aliphatic carbocycles. The minimum Gasteiger partial charge on any atom is -0.350 e. The van der Waals surface area contributed by atoms with Gasteiger partial charge in [-0.1, -0.05) is 6.07 Å². The second-order valence-electron chi connectivity index (χ2n) is 4.95. The van der Waals surface area contributed by atoms with Crippen LogP contribution in [0.4, 0.5) is 0 Å². The van der Waals surface area contributed by atoms with E-state index in [9.17, 15) is 14.4 Å². The number of nitrogens with zero attached hydrogens (tertiary/aromatic N) is 2. The monoisotopic (exact) mass is 330 g/mol. The van der Waals surface area contributed by atoms with Gasteiger partial charge in [-0.05, 0) is 17.5 Å². The molecule has 0 aliphatic heterocycles. The fraction of sp³-hybridized carbons (Fsp3) is 0.200. The van der Waals surface area contributed by atoms with Gasteiger partial charge in [0.05, 0.1) is 18.3 Å². The predicted octanol–water partition coefficient (Wildman–Crippen LogP) is 0.853. The van der Waals surface area contributed by atoms with Gasteiger partial charge in [-0.3, -0.25) is 19.0 Å². The molecule has 7 nitrogen and oxygen atoms in total. The third-order valence-electron chi connectivity index (χ3n) is 3.33. The smallest absolute Gasteiger partial charge is 0.262 e. The highest BCUT2D eigenvalue weighted by Gasteiger charge is 2.07. The van der Waals surface area contributed by atoms with E-state index in [2.05, 4.69) is 15.3 Å². The maximum Gasteiger partial charge on any atom is 0.262 e. The van der Waals surface area contributed by atoms with Crippen molar-refractivity contribution >= 4 is 27.5 Å². The lowest BCUT2D eigenvalue weighted by Gasteiger charge is -2.07. The molecule has 0 aromatic carbocycles. The van der Waals surface area contributed by atoms with E-state index in [1.54, 1.807) is 18.2 Å². The van der Waals surface area contributed by atoms with Gasteiger partial charge in [0.15, 0.2) is 0 Å². The molecular weight excluding hydrogens is 316 g/mol. The minimum atomic E-state index is -0.210. The number of H-pyrrole nitrogens is 1. The number of amides is 1. The summed E-state index contributed by atoms with van der Waals surface area (Å²) >= 11 is 1.41. The molecule has 0 radical (unpaired) electrons. The fourth-order valence-electron chi connectivity index (χ4n) is 2.15. The zero-order valence-corrected chi connectivity index (χ0v) is 12.9. The number of thiophene rings is 1. The van der Waals surface area contributed by atoms with Crippen molar-refractivity contribution in [2.45, 2.75) is 19.5 Å². The molecule has 0 saturated carbocycles. The molecule has 0 saturated heterocycles. The lowest BCUT2D eigenvalue weighted by Crippen LogP contribution is -2.27. The number of aryl methyl sites for hydroxylation is 1. The fourth-order valence-corrected chi connectivity index (χ4v) is 2.88. The minimum absolute atomic E-state index is 0.142. The van der Waals surface area contributed by atoms with Gasteiger partial charge < -0.3 is 10.3 Å². The van der Waals surface area contributed by atoms with E-state index in [-0.39, 0.29) is 36.5 Å². The number of aromatic amines is 1. The highest BCUT2D eigenvalue weighted by Crippen LogP contribution is 2.13. The molecule has 0 spiro atoms. The quantitative estimate of drug-likeness (QED) is 0.725. The second kappa shape index (κ2) is 6.57. The second-order valence-corrected chi connectivity index (χ2v) is 5.84. The van der Waals surface area contributed by atoms with Gasteiger partial charge in [0, 0.05) is 24.7 Å². The van der Waals surface area contributed by atoms with Gasteiger partial charge in [0.25, 0.3) is 5.56 Å². The summed E-state index contributed by atoms with van der Waals surface area (Å²) in [6.45, 7) is 0.500. The average molecular weight is 330 g/mol. The molecule has 8 heteroatoms. The first kappa shape index (κ1) is 15.2. The van der Waals surface area contributed by atoms with E-state index in [0.717, 1.165) is 0 Å². The van der Waals surface area contributed by atoms with Crippen LogP contribution in [0.1, 0.15) is 12.1 Å². The molecule has 2 N–H and O–H groups in total. The summed E-state index contributed by atoms with van der Waals surface area (Å²) in [5.41, 5.74) is 0.277. The lowest BCUT2D eigenvalue weighted by molar-refractivity contribution is -0.121. The van der Waals surface area contributed by atoms with E-state index in [0.29, 0.717) is 15.9 Å².